The molecule has 0 bridgehead atoms. The van der Waals surface area contributed by atoms with Crippen LogP contribution in [0.3, 0.4) is 0 Å². The lowest BCUT2D eigenvalue weighted by Crippen LogP contribution is -2.03. The molecule has 2 heterocycles. The standard InChI is InChI=1S/C13H10N4O2/c1-8-12(13(18)19)15-16-17(8)11-6-7-14-10-5-3-2-4-9(10)11/h2-7H,1H3,(H,18,19). The zero-order chi connectivity index (χ0) is 13.4. The van der Waals surface area contributed by atoms with Gasteiger partial charge in [-0.1, -0.05) is 23.4 Å². The van der Waals surface area contributed by atoms with Crippen molar-refractivity contribution < 1.29 is 9.90 Å². The van der Waals surface area contributed by atoms with Crippen molar-refractivity contribution in [1.82, 2.24) is 20.0 Å². The van der Waals surface area contributed by atoms with Crippen molar-refractivity contribution in [1.29, 1.82) is 0 Å². The maximum absolute atomic E-state index is 11.0. The molecule has 0 aliphatic rings. The van der Waals surface area contributed by atoms with Crippen LogP contribution in [0.4, 0.5) is 0 Å². The first kappa shape index (κ1) is 11.3. The molecule has 3 rings (SSSR count). The summed E-state index contributed by atoms with van der Waals surface area (Å²) in [5.74, 6) is -1.08. The molecule has 1 N–H and O–H groups in total. The molecular formula is C13H10N4O2. The number of carboxylic acid groups (broad SMARTS) is 1. The van der Waals surface area contributed by atoms with E-state index < -0.39 is 5.97 Å². The number of nitrogens with zero attached hydrogens (tertiary/aromatic N) is 4. The van der Waals surface area contributed by atoms with E-state index in [1.807, 2.05) is 24.3 Å². The molecule has 0 amide bonds. The van der Waals surface area contributed by atoms with Crippen molar-refractivity contribution in [3.05, 3.63) is 47.9 Å². The van der Waals surface area contributed by atoms with Crippen LogP contribution in [0.15, 0.2) is 36.5 Å². The van der Waals surface area contributed by atoms with Crippen molar-refractivity contribution in [2.45, 2.75) is 6.92 Å². The van der Waals surface area contributed by atoms with Gasteiger partial charge >= 0.3 is 5.97 Å². The van der Waals surface area contributed by atoms with Gasteiger partial charge in [0.15, 0.2) is 5.69 Å². The fourth-order valence-electron chi connectivity index (χ4n) is 2.02. The maximum atomic E-state index is 11.0. The third kappa shape index (κ3) is 1.74. The molecule has 0 saturated carbocycles. The van der Waals surface area contributed by atoms with Crippen LogP contribution in [-0.4, -0.2) is 31.1 Å². The summed E-state index contributed by atoms with van der Waals surface area (Å²) < 4.78 is 1.52. The van der Waals surface area contributed by atoms with Gasteiger partial charge in [-0.15, -0.1) is 5.10 Å². The number of benzene rings is 1. The Kier molecular flexibility index (Phi) is 2.49. The van der Waals surface area contributed by atoms with Gasteiger partial charge < -0.3 is 5.11 Å². The molecular weight excluding hydrogens is 244 g/mol. The zero-order valence-corrected chi connectivity index (χ0v) is 10.1. The normalized spacial score (nSPS) is 10.8. The Morgan fingerprint density at radius 3 is 2.79 bits per heavy atom. The predicted octanol–water partition coefficient (Wildman–Crippen LogP) is 1.82. The highest BCUT2D eigenvalue weighted by Gasteiger charge is 2.17. The van der Waals surface area contributed by atoms with E-state index in [0.717, 1.165) is 16.6 Å². The molecule has 19 heavy (non-hydrogen) atoms. The highest BCUT2D eigenvalue weighted by atomic mass is 16.4. The number of rotatable bonds is 2. The summed E-state index contributed by atoms with van der Waals surface area (Å²) in [5.41, 5.74) is 2.04. The fourth-order valence-corrected chi connectivity index (χ4v) is 2.02. The van der Waals surface area contributed by atoms with Gasteiger partial charge in [-0.3, -0.25) is 4.98 Å². The minimum Gasteiger partial charge on any atom is -0.476 e. The average molecular weight is 254 g/mol. The smallest absolute Gasteiger partial charge is 0.358 e. The van der Waals surface area contributed by atoms with E-state index in [4.69, 9.17) is 5.11 Å². The van der Waals surface area contributed by atoms with Crippen molar-refractivity contribution in [3.8, 4) is 5.69 Å². The highest BCUT2D eigenvalue weighted by molar-refractivity contribution is 5.89. The molecule has 0 spiro atoms. The fraction of sp³-hybridized carbons (Fsp3) is 0.0769. The van der Waals surface area contributed by atoms with Crippen molar-refractivity contribution in [2.75, 3.05) is 0 Å². The van der Waals surface area contributed by atoms with E-state index in [2.05, 4.69) is 15.3 Å². The minimum atomic E-state index is -1.08. The van der Waals surface area contributed by atoms with Crippen molar-refractivity contribution >= 4 is 16.9 Å². The Labute approximate surface area is 108 Å². The number of para-hydroxylation sites is 1. The monoisotopic (exact) mass is 254 g/mol. The number of pyridine rings is 1. The highest BCUT2D eigenvalue weighted by Crippen LogP contribution is 2.21. The van der Waals surface area contributed by atoms with Crippen LogP contribution in [0.25, 0.3) is 16.6 Å². The number of aromatic nitrogens is 4. The van der Waals surface area contributed by atoms with Crippen LogP contribution in [0.5, 0.6) is 0 Å². The lowest BCUT2D eigenvalue weighted by molar-refractivity contribution is 0.0689. The van der Waals surface area contributed by atoms with Crippen LogP contribution in [0.2, 0.25) is 0 Å². The van der Waals surface area contributed by atoms with Gasteiger partial charge in [0.05, 0.1) is 16.9 Å². The lowest BCUT2D eigenvalue weighted by Gasteiger charge is -2.06. The quantitative estimate of drug-likeness (QED) is 0.754. The molecule has 0 aliphatic heterocycles. The van der Waals surface area contributed by atoms with Gasteiger partial charge in [0, 0.05) is 11.6 Å². The average Bonchev–Trinajstić information content (AvgIpc) is 2.80. The molecule has 0 aliphatic carbocycles. The van der Waals surface area contributed by atoms with Gasteiger partial charge in [0.2, 0.25) is 0 Å². The second-order valence-electron chi connectivity index (χ2n) is 4.09. The third-order valence-electron chi connectivity index (χ3n) is 2.95. The van der Waals surface area contributed by atoms with E-state index in [1.54, 1.807) is 19.2 Å². The first-order valence-corrected chi connectivity index (χ1v) is 5.68. The van der Waals surface area contributed by atoms with Crippen molar-refractivity contribution in [3.63, 3.8) is 0 Å². The first-order chi connectivity index (χ1) is 9.18. The summed E-state index contributed by atoms with van der Waals surface area (Å²) in [6.07, 6.45) is 1.67. The molecule has 0 atom stereocenters. The summed E-state index contributed by atoms with van der Waals surface area (Å²) in [4.78, 5) is 15.3. The summed E-state index contributed by atoms with van der Waals surface area (Å²) >= 11 is 0. The number of hydrogen-bond donors (Lipinski definition) is 1. The van der Waals surface area contributed by atoms with Crippen LogP contribution in [0, 0.1) is 6.92 Å². The summed E-state index contributed by atoms with van der Waals surface area (Å²) in [6, 6.07) is 9.39. The van der Waals surface area contributed by atoms with Gasteiger partial charge in [0.1, 0.15) is 0 Å². The molecule has 94 valence electrons. The summed E-state index contributed by atoms with van der Waals surface area (Å²) in [6.45, 7) is 1.68. The largest absolute Gasteiger partial charge is 0.476 e. The molecule has 3 aromatic rings. The van der Waals surface area contributed by atoms with E-state index >= 15 is 0 Å². The van der Waals surface area contributed by atoms with Crippen LogP contribution in [-0.2, 0) is 0 Å². The lowest BCUT2D eigenvalue weighted by atomic mass is 10.2. The maximum Gasteiger partial charge on any atom is 0.358 e. The molecule has 1 aromatic carbocycles. The molecule has 0 saturated heterocycles. The van der Waals surface area contributed by atoms with E-state index in [9.17, 15) is 4.79 Å². The minimum absolute atomic E-state index is 0.0408. The summed E-state index contributed by atoms with van der Waals surface area (Å²) in [7, 11) is 0. The van der Waals surface area contributed by atoms with E-state index in [0.29, 0.717) is 5.69 Å². The zero-order valence-electron chi connectivity index (χ0n) is 10.1. The third-order valence-corrected chi connectivity index (χ3v) is 2.95. The van der Waals surface area contributed by atoms with Crippen LogP contribution in [0.1, 0.15) is 16.2 Å². The topological polar surface area (TPSA) is 80.9 Å². The SMILES string of the molecule is Cc1c(C(=O)O)nnn1-c1ccnc2ccccc12. The molecule has 0 radical (unpaired) electrons. The van der Waals surface area contributed by atoms with Gasteiger partial charge in [-0.05, 0) is 19.1 Å². The number of carboxylic acids is 1. The van der Waals surface area contributed by atoms with Gasteiger partial charge in [-0.2, -0.15) is 0 Å². The first-order valence-electron chi connectivity index (χ1n) is 5.68. The predicted molar refractivity (Wildman–Crippen MR) is 68.4 cm³/mol. The Bertz CT molecular complexity index is 774. The molecule has 2 aromatic heterocycles. The van der Waals surface area contributed by atoms with Gasteiger partial charge in [0.25, 0.3) is 0 Å². The van der Waals surface area contributed by atoms with E-state index in [1.165, 1.54) is 4.68 Å². The summed E-state index contributed by atoms with van der Waals surface area (Å²) in [5, 5.41) is 17.5. The second-order valence-corrected chi connectivity index (χ2v) is 4.09. The number of fused-ring (bicyclic) bond motifs is 1. The Balaban J connectivity index is 2.28. The Morgan fingerprint density at radius 2 is 2.05 bits per heavy atom. The van der Waals surface area contributed by atoms with E-state index in [-0.39, 0.29) is 5.69 Å². The van der Waals surface area contributed by atoms with Crippen molar-refractivity contribution in [2.24, 2.45) is 0 Å². The molecule has 0 fully saturated rings. The Hall–Kier alpha value is -2.76. The number of carbonyl (C=O) groups is 1. The molecule has 6 heteroatoms. The van der Waals surface area contributed by atoms with Crippen LogP contribution < -0.4 is 0 Å². The number of hydrogen-bond acceptors (Lipinski definition) is 4. The van der Waals surface area contributed by atoms with Crippen LogP contribution >= 0.6 is 0 Å². The Morgan fingerprint density at radius 1 is 1.26 bits per heavy atom. The van der Waals surface area contributed by atoms with Gasteiger partial charge in [-0.25, -0.2) is 9.48 Å². The molecule has 0 unspecified atom stereocenters. The second kappa shape index (κ2) is 4.16. The molecule has 6 nitrogen and oxygen atoms in total. The number of aromatic carboxylic acids is 1.